The summed E-state index contributed by atoms with van der Waals surface area (Å²) in [6.07, 6.45) is 4.74. The van der Waals surface area contributed by atoms with Gasteiger partial charge in [-0.15, -0.1) is 0 Å². The first-order valence-electron chi connectivity index (χ1n) is 8.43. The predicted molar refractivity (Wildman–Crippen MR) is 119 cm³/mol. The van der Waals surface area contributed by atoms with Crippen LogP contribution in [0.2, 0.25) is 5.02 Å². The number of aromatic hydroxyl groups is 1. The van der Waals surface area contributed by atoms with Gasteiger partial charge in [0.2, 0.25) is 5.88 Å². The van der Waals surface area contributed by atoms with E-state index in [1.165, 1.54) is 4.57 Å². The van der Waals surface area contributed by atoms with E-state index < -0.39 is 16.4 Å². The molecule has 29 heavy (non-hydrogen) atoms. The van der Waals surface area contributed by atoms with Gasteiger partial charge in [-0.2, -0.15) is 0 Å². The van der Waals surface area contributed by atoms with Crippen molar-refractivity contribution in [3.8, 4) is 11.6 Å². The summed E-state index contributed by atoms with van der Waals surface area (Å²) in [6, 6.07) is 12.0. The van der Waals surface area contributed by atoms with Gasteiger partial charge >= 0.3 is 0 Å². The fourth-order valence-electron chi connectivity index (χ4n) is 3.02. The first-order valence-corrected chi connectivity index (χ1v) is 10.8. The maximum Gasteiger partial charge on any atom is 0.262 e. The molecule has 6 nitrogen and oxygen atoms in total. The van der Waals surface area contributed by atoms with E-state index in [1.807, 2.05) is 0 Å². The van der Waals surface area contributed by atoms with Crippen molar-refractivity contribution in [1.82, 2.24) is 9.55 Å². The van der Waals surface area contributed by atoms with Crippen molar-refractivity contribution in [3.63, 3.8) is 0 Å². The fourth-order valence-corrected chi connectivity index (χ4v) is 3.97. The van der Waals surface area contributed by atoms with Crippen molar-refractivity contribution in [2.45, 2.75) is 4.90 Å². The summed E-state index contributed by atoms with van der Waals surface area (Å²) in [5.41, 5.74) is 2.17. The van der Waals surface area contributed by atoms with Gasteiger partial charge in [0, 0.05) is 44.3 Å². The molecule has 0 saturated heterocycles. The van der Waals surface area contributed by atoms with Crippen LogP contribution in [0, 0.1) is 4.77 Å². The molecule has 1 aliphatic heterocycles. The monoisotopic (exact) mass is 443 g/mol. The zero-order chi connectivity index (χ0) is 20.7. The third-order valence-electron chi connectivity index (χ3n) is 4.46. The van der Waals surface area contributed by atoms with Gasteiger partial charge in [-0.05, 0) is 54.7 Å². The van der Waals surface area contributed by atoms with Gasteiger partial charge in [0.15, 0.2) is 4.77 Å². The second kappa shape index (κ2) is 7.55. The minimum Gasteiger partial charge on any atom is -0.494 e. The van der Waals surface area contributed by atoms with Gasteiger partial charge in [0.25, 0.3) is 5.56 Å². The highest BCUT2D eigenvalue weighted by molar-refractivity contribution is 7.84. The molecule has 1 unspecified atom stereocenters. The van der Waals surface area contributed by atoms with E-state index in [9.17, 15) is 14.1 Å². The number of aromatic amines is 1. The van der Waals surface area contributed by atoms with Crippen molar-refractivity contribution >= 4 is 58.2 Å². The first-order chi connectivity index (χ1) is 13.8. The maximum absolute atomic E-state index is 12.5. The number of hydrogen-bond acceptors (Lipinski definition) is 5. The molecule has 9 heteroatoms. The summed E-state index contributed by atoms with van der Waals surface area (Å²) in [5.74, 6) is -0.290. The molecule has 4 rings (SSSR count). The second-order valence-corrected chi connectivity index (χ2v) is 8.50. The Morgan fingerprint density at radius 2 is 1.97 bits per heavy atom. The molecule has 0 saturated carbocycles. The van der Waals surface area contributed by atoms with Crippen LogP contribution in [0.3, 0.4) is 0 Å². The first kappa shape index (κ1) is 19.5. The summed E-state index contributed by atoms with van der Waals surface area (Å²) in [4.78, 5) is 20.1. The number of hydrogen-bond donors (Lipinski definition) is 2. The van der Waals surface area contributed by atoms with Crippen LogP contribution in [-0.2, 0) is 10.8 Å². The molecule has 2 N–H and O–H groups in total. The molecule has 3 aromatic rings. The molecule has 0 spiro atoms. The average molecular weight is 444 g/mol. The molecule has 1 aromatic heterocycles. The molecule has 146 valence electrons. The van der Waals surface area contributed by atoms with E-state index in [0.29, 0.717) is 26.9 Å². The van der Waals surface area contributed by atoms with E-state index in [-0.39, 0.29) is 16.2 Å². The molecule has 0 amide bonds. The highest BCUT2D eigenvalue weighted by atomic mass is 35.5. The van der Waals surface area contributed by atoms with E-state index in [0.717, 1.165) is 5.56 Å². The molecule has 2 heterocycles. The number of aromatic nitrogens is 2. The van der Waals surface area contributed by atoms with E-state index >= 15 is 0 Å². The van der Waals surface area contributed by atoms with Crippen LogP contribution in [0.4, 0.5) is 5.69 Å². The lowest BCUT2D eigenvalue weighted by molar-refractivity contribution is 0.432. The normalized spacial score (nSPS) is 14.9. The maximum atomic E-state index is 12.5. The lowest BCUT2D eigenvalue weighted by atomic mass is 10.1. The van der Waals surface area contributed by atoms with Gasteiger partial charge in [0.05, 0.1) is 11.4 Å². The summed E-state index contributed by atoms with van der Waals surface area (Å²) in [5, 5.41) is 11.4. The van der Waals surface area contributed by atoms with Crippen LogP contribution in [0.5, 0.6) is 5.88 Å². The van der Waals surface area contributed by atoms with Gasteiger partial charge in [-0.1, -0.05) is 17.7 Å². The number of aliphatic imine (C=N–C) groups is 1. The Labute approximate surface area is 178 Å². The largest absolute Gasteiger partial charge is 0.494 e. The quantitative estimate of drug-likeness (QED) is 0.592. The standard InChI is InChI=1S/C20H14ClN3O3S2/c1-29(27)14-6-7-15-11(10-22-17(15)9-14)8-16-18(25)23-20(28)24(19(16)26)13-4-2-12(21)3-5-13/h2-10,26H,1H3,(H,23,25,28). The highest BCUT2D eigenvalue weighted by Crippen LogP contribution is 2.35. The van der Waals surface area contributed by atoms with Crippen molar-refractivity contribution in [2.24, 2.45) is 4.99 Å². The van der Waals surface area contributed by atoms with Crippen molar-refractivity contribution in [1.29, 1.82) is 0 Å². The number of nitrogens with one attached hydrogen (secondary N) is 1. The lowest BCUT2D eigenvalue weighted by Crippen LogP contribution is -2.16. The predicted octanol–water partition coefficient (Wildman–Crippen LogP) is 4.25. The summed E-state index contributed by atoms with van der Waals surface area (Å²) < 4.78 is 13.1. The van der Waals surface area contributed by atoms with Gasteiger partial charge in [-0.3, -0.25) is 23.5 Å². The highest BCUT2D eigenvalue weighted by Gasteiger charge is 2.17. The summed E-state index contributed by atoms with van der Waals surface area (Å²) in [6.45, 7) is 0. The minimum atomic E-state index is -1.12. The molecule has 0 aliphatic carbocycles. The Balaban J connectivity index is 1.86. The third-order valence-corrected chi connectivity index (χ3v) is 5.91. The Hall–Kier alpha value is -2.81. The van der Waals surface area contributed by atoms with Gasteiger partial charge in [0.1, 0.15) is 5.56 Å². The van der Waals surface area contributed by atoms with Gasteiger partial charge < -0.3 is 5.11 Å². The average Bonchev–Trinajstić information content (AvgIpc) is 3.08. The molecule has 2 aromatic carbocycles. The Bertz CT molecular complexity index is 1340. The molecular formula is C20H14ClN3O3S2. The van der Waals surface area contributed by atoms with Crippen LogP contribution in [0.15, 0.2) is 57.1 Å². The number of nitrogens with zero attached hydrogens (tertiary/aromatic N) is 2. The summed E-state index contributed by atoms with van der Waals surface area (Å²) in [7, 11) is -1.12. The molecule has 1 atom stereocenters. The topological polar surface area (TPSA) is 87.4 Å². The molecule has 0 bridgehead atoms. The molecule has 0 radical (unpaired) electrons. The van der Waals surface area contributed by atoms with Crippen LogP contribution in [0.25, 0.3) is 17.3 Å². The second-order valence-electron chi connectivity index (χ2n) is 6.30. The zero-order valence-electron chi connectivity index (χ0n) is 15.0. The SMILES string of the molecule is CS(=O)c1ccc2c(c1)N=CC2=Cc1c(O)n(-c2ccc(Cl)cc2)c(=S)[nH]c1=O. The number of H-pyrrole nitrogens is 1. The minimum absolute atomic E-state index is 0.0472. The van der Waals surface area contributed by atoms with Crippen molar-refractivity contribution in [3.05, 3.63) is 73.7 Å². The molecule has 1 aliphatic rings. The van der Waals surface area contributed by atoms with E-state index in [1.54, 1.807) is 61.0 Å². The van der Waals surface area contributed by atoms with E-state index in [4.69, 9.17) is 23.8 Å². The van der Waals surface area contributed by atoms with E-state index in [2.05, 4.69) is 9.98 Å². The number of allylic oxidation sites excluding steroid dienone is 1. The van der Waals surface area contributed by atoms with Crippen LogP contribution in [-0.4, -0.2) is 31.3 Å². The Kier molecular flexibility index (Phi) is 5.08. The Morgan fingerprint density at radius 3 is 2.66 bits per heavy atom. The summed E-state index contributed by atoms with van der Waals surface area (Å²) >= 11 is 11.2. The fraction of sp³-hybridized carbons (Fsp3) is 0.0500. The molecular weight excluding hydrogens is 430 g/mol. The number of rotatable bonds is 3. The van der Waals surface area contributed by atoms with Crippen molar-refractivity contribution < 1.29 is 9.32 Å². The number of benzene rings is 2. The number of fused-ring (bicyclic) bond motifs is 1. The van der Waals surface area contributed by atoms with Crippen LogP contribution in [0.1, 0.15) is 11.1 Å². The van der Waals surface area contributed by atoms with Crippen molar-refractivity contribution in [2.75, 3.05) is 6.26 Å². The van der Waals surface area contributed by atoms with Crippen LogP contribution < -0.4 is 5.56 Å². The van der Waals surface area contributed by atoms with Crippen LogP contribution >= 0.6 is 23.8 Å². The zero-order valence-corrected chi connectivity index (χ0v) is 17.4. The Morgan fingerprint density at radius 1 is 1.24 bits per heavy atom. The smallest absolute Gasteiger partial charge is 0.262 e. The molecule has 0 fully saturated rings. The number of halogens is 1. The van der Waals surface area contributed by atoms with Gasteiger partial charge in [-0.25, -0.2) is 0 Å². The third kappa shape index (κ3) is 3.62. The lowest BCUT2D eigenvalue weighted by Gasteiger charge is -2.12.